The molecule has 0 amide bonds. The summed E-state index contributed by atoms with van der Waals surface area (Å²) in [5, 5.41) is 3.02. The van der Waals surface area contributed by atoms with E-state index in [0.717, 1.165) is 5.56 Å². The van der Waals surface area contributed by atoms with Crippen molar-refractivity contribution in [1.29, 1.82) is 0 Å². The summed E-state index contributed by atoms with van der Waals surface area (Å²) < 4.78 is 28.2. The van der Waals surface area contributed by atoms with Gasteiger partial charge in [-0.15, -0.1) is 0 Å². The fourth-order valence-electron chi connectivity index (χ4n) is 1.45. The van der Waals surface area contributed by atoms with E-state index in [1.165, 1.54) is 18.5 Å². The highest BCUT2D eigenvalue weighted by molar-refractivity contribution is 5.63. The van der Waals surface area contributed by atoms with E-state index < -0.39 is 6.61 Å². The highest BCUT2D eigenvalue weighted by Gasteiger charge is 2.06. The normalized spacial score (nSPS) is 10.5. The van der Waals surface area contributed by atoms with E-state index in [2.05, 4.69) is 20.0 Å². The third-order valence-corrected chi connectivity index (χ3v) is 2.47. The van der Waals surface area contributed by atoms with Gasteiger partial charge in [0.2, 0.25) is 0 Å². The maximum absolute atomic E-state index is 12.0. The molecule has 1 aromatic carbocycles. The lowest BCUT2D eigenvalue weighted by molar-refractivity contribution is -0.0498. The fourth-order valence-corrected chi connectivity index (χ4v) is 1.45. The number of hydrogen-bond acceptors (Lipinski definition) is 5. The molecule has 5 nitrogen and oxygen atoms in total. The number of anilines is 3. The van der Waals surface area contributed by atoms with Crippen LogP contribution in [0.2, 0.25) is 0 Å². The number of rotatable bonds is 4. The number of nitrogens with two attached hydrogens (primary N) is 1. The van der Waals surface area contributed by atoms with Crippen LogP contribution in [-0.4, -0.2) is 16.6 Å². The van der Waals surface area contributed by atoms with Gasteiger partial charge in [0, 0.05) is 11.3 Å². The summed E-state index contributed by atoms with van der Waals surface area (Å²) in [5.41, 5.74) is 7.06. The molecule has 0 bridgehead atoms. The molecule has 100 valence electrons. The molecule has 19 heavy (non-hydrogen) atoms. The van der Waals surface area contributed by atoms with Gasteiger partial charge in [-0.05, 0) is 31.2 Å². The summed E-state index contributed by atoms with van der Waals surface area (Å²) in [6, 6.07) is 6.09. The van der Waals surface area contributed by atoms with Crippen LogP contribution >= 0.6 is 0 Å². The number of halogens is 2. The molecule has 3 N–H and O–H groups in total. The maximum atomic E-state index is 12.0. The van der Waals surface area contributed by atoms with E-state index in [9.17, 15) is 8.78 Å². The number of aromatic nitrogens is 2. The Morgan fingerprint density at radius 3 is 2.53 bits per heavy atom. The highest BCUT2D eigenvalue weighted by atomic mass is 19.3. The van der Waals surface area contributed by atoms with Crippen molar-refractivity contribution >= 4 is 17.3 Å². The molecule has 0 spiro atoms. The smallest absolute Gasteiger partial charge is 0.387 e. The van der Waals surface area contributed by atoms with Crippen LogP contribution in [0, 0.1) is 6.92 Å². The second-order valence-corrected chi connectivity index (χ2v) is 3.76. The average molecular weight is 266 g/mol. The number of alkyl halides is 2. The van der Waals surface area contributed by atoms with Gasteiger partial charge >= 0.3 is 6.61 Å². The molecule has 0 aliphatic heterocycles. The van der Waals surface area contributed by atoms with E-state index in [0.29, 0.717) is 17.3 Å². The van der Waals surface area contributed by atoms with Gasteiger partial charge in [-0.3, -0.25) is 0 Å². The summed E-state index contributed by atoms with van der Waals surface area (Å²) >= 11 is 0. The summed E-state index contributed by atoms with van der Waals surface area (Å²) in [6.07, 6.45) is 1.35. The minimum Gasteiger partial charge on any atom is -0.435 e. The van der Waals surface area contributed by atoms with Crippen molar-refractivity contribution in [2.45, 2.75) is 13.5 Å². The Morgan fingerprint density at radius 2 is 1.89 bits per heavy atom. The van der Waals surface area contributed by atoms with Gasteiger partial charge in [0.1, 0.15) is 23.7 Å². The molecule has 0 fully saturated rings. The van der Waals surface area contributed by atoms with Crippen LogP contribution < -0.4 is 15.8 Å². The monoisotopic (exact) mass is 266 g/mol. The Morgan fingerprint density at radius 1 is 1.21 bits per heavy atom. The zero-order valence-corrected chi connectivity index (χ0v) is 10.1. The predicted octanol–water partition coefficient (Wildman–Crippen LogP) is 2.71. The van der Waals surface area contributed by atoms with Crippen molar-refractivity contribution in [2.75, 3.05) is 11.1 Å². The molecule has 0 aliphatic carbocycles. The Hall–Kier alpha value is -2.44. The Bertz CT molecular complexity index is 560. The van der Waals surface area contributed by atoms with Gasteiger partial charge in [-0.2, -0.15) is 8.78 Å². The van der Waals surface area contributed by atoms with Gasteiger partial charge < -0.3 is 15.8 Å². The molecule has 0 saturated carbocycles. The van der Waals surface area contributed by atoms with Gasteiger partial charge in [0.25, 0.3) is 0 Å². The fraction of sp³-hybridized carbons (Fsp3) is 0.167. The average Bonchev–Trinajstić information content (AvgIpc) is 2.37. The minimum absolute atomic E-state index is 0.0967. The molecule has 0 unspecified atom stereocenters. The van der Waals surface area contributed by atoms with Crippen LogP contribution in [0.1, 0.15) is 5.56 Å². The molecule has 1 aromatic heterocycles. The molecular formula is C12H12F2N4O. The summed E-state index contributed by atoms with van der Waals surface area (Å²) in [4.78, 5) is 7.90. The first-order valence-electron chi connectivity index (χ1n) is 5.45. The molecule has 0 saturated heterocycles. The number of nitrogens with one attached hydrogen (secondary N) is 1. The van der Waals surface area contributed by atoms with Crippen LogP contribution in [-0.2, 0) is 0 Å². The lowest BCUT2D eigenvalue weighted by Crippen LogP contribution is -2.03. The molecule has 2 rings (SSSR count). The third kappa shape index (κ3) is 3.27. The van der Waals surface area contributed by atoms with Crippen molar-refractivity contribution in [3.05, 3.63) is 36.2 Å². The third-order valence-electron chi connectivity index (χ3n) is 2.47. The number of nitrogen functional groups attached to an aromatic ring is 1. The lowest BCUT2D eigenvalue weighted by Gasteiger charge is -2.10. The molecule has 1 heterocycles. The maximum Gasteiger partial charge on any atom is 0.387 e. The quantitative estimate of drug-likeness (QED) is 0.890. The first kappa shape index (κ1) is 13.0. The molecule has 2 aromatic rings. The summed E-state index contributed by atoms with van der Waals surface area (Å²) in [7, 11) is 0. The second-order valence-electron chi connectivity index (χ2n) is 3.76. The van der Waals surface area contributed by atoms with E-state index in [-0.39, 0.29) is 5.75 Å². The summed E-state index contributed by atoms with van der Waals surface area (Å²) in [6.45, 7) is -1.05. The van der Waals surface area contributed by atoms with E-state index in [1.807, 2.05) is 0 Å². The van der Waals surface area contributed by atoms with Crippen LogP contribution in [0.3, 0.4) is 0 Å². The van der Waals surface area contributed by atoms with Crippen molar-refractivity contribution in [3.8, 4) is 5.75 Å². The van der Waals surface area contributed by atoms with E-state index in [4.69, 9.17) is 5.73 Å². The van der Waals surface area contributed by atoms with E-state index in [1.54, 1.807) is 19.1 Å². The lowest BCUT2D eigenvalue weighted by atomic mass is 10.2. The van der Waals surface area contributed by atoms with Crippen LogP contribution in [0.15, 0.2) is 30.6 Å². The first-order valence-corrected chi connectivity index (χ1v) is 5.45. The number of hydrogen-bond donors (Lipinski definition) is 2. The van der Waals surface area contributed by atoms with Crippen LogP contribution in [0.4, 0.5) is 26.1 Å². The topological polar surface area (TPSA) is 73.1 Å². The molecule has 0 radical (unpaired) electrons. The number of nitrogens with zero attached hydrogens (tertiary/aromatic N) is 2. The van der Waals surface area contributed by atoms with Crippen molar-refractivity contribution in [3.63, 3.8) is 0 Å². The molecular weight excluding hydrogens is 254 g/mol. The zero-order chi connectivity index (χ0) is 13.8. The Balaban J connectivity index is 2.13. The van der Waals surface area contributed by atoms with Crippen molar-refractivity contribution < 1.29 is 13.5 Å². The van der Waals surface area contributed by atoms with Gasteiger partial charge in [-0.1, -0.05) is 0 Å². The van der Waals surface area contributed by atoms with E-state index >= 15 is 0 Å². The van der Waals surface area contributed by atoms with Gasteiger partial charge in [-0.25, -0.2) is 9.97 Å². The molecule has 0 aliphatic rings. The van der Waals surface area contributed by atoms with Crippen molar-refractivity contribution in [2.24, 2.45) is 0 Å². The SMILES string of the molecule is Cc1c(N)ncnc1Nc1ccc(OC(F)F)cc1. The van der Waals surface area contributed by atoms with Crippen molar-refractivity contribution in [1.82, 2.24) is 9.97 Å². The largest absolute Gasteiger partial charge is 0.435 e. The van der Waals surface area contributed by atoms with Crippen LogP contribution in [0.5, 0.6) is 5.75 Å². The Labute approximate surface area is 108 Å². The number of ether oxygens (including phenoxy) is 1. The van der Waals surface area contributed by atoms with Gasteiger partial charge in [0.05, 0.1) is 0 Å². The first-order chi connectivity index (χ1) is 9.06. The molecule has 7 heteroatoms. The predicted molar refractivity (Wildman–Crippen MR) is 67.5 cm³/mol. The van der Waals surface area contributed by atoms with Crippen LogP contribution in [0.25, 0.3) is 0 Å². The standard InChI is InChI=1S/C12H12F2N4O/c1-7-10(15)16-6-17-11(7)18-8-2-4-9(5-3-8)19-12(13)14/h2-6,12H,1H3,(H3,15,16,17,18). The molecule has 0 atom stereocenters. The highest BCUT2D eigenvalue weighted by Crippen LogP contribution is 2.23. The van der Waals surface area contributed by atoms with Gasteiger partial charge in [0.15, 0.2) is 0 Å². The minimum atomic E-state index is -2.83. The second kappa shape index (κ2) is 5.47. The number of benzene rings is 1. The summed E-state index contributed by atoms with van der Waals surface area (Å²) in [5.74, 6) is 1.05. The Kier molecular flexibility index (Phi) is 3.74. The zero-order valence-electron chi connectivity index (χ0n) is 10.1.